The first-order valence-electron chi connectivity index (χ1n) is 6.24. The third-order valence-electron chi connectivity index (χ3n) is 4.11. The second-order valence-electron chi connectivity index (χ2n) is 5.08. The van der Waals surface area contributed by atoms with Crippen molar-refractivity contribution in [3.63, 3.8) is 0 Å². The van der Waals surface area contributed by atoms with Crippen LogP contribution in [-0.2, 0) is 4.79 Å². The maximum Gasteiger partial charge on any atom is 0.308 e. The maximum absolute atomic E-state index is 12.4. The predicted octanol–water partition coefficient (Wildman–Crippen LogP) is 1.27. The summed E-state index contributed by atoms with van der Waals surface area (Å²) >= 11 is 0. The van der Waals surface area contributed by atoms with Gasteiger partial charge in [0.05, 0.1) is 12.0 Å². The van der Waals surface area contributed by atoms with Crippen molar-refractivity contribution < 1.29 is 14.7 Å². The Morgan fingerprint density at radius 2 is 1.94 bits per heavy atom. The molecular weight excluding hydrogens is 230 g/mol. The zero-order valence-electron chi connectivity index (χ0n) is 9.95. The fourth-order valence-corrected chi connectivity index (χ4v) is 3.28. The van der Waals surface area contributed by atoms with Crippen LogP contribution in [0.4, 0.5) is 0 Å². The molecule has 2 bridgehead atoms. The Hall–Kier alpha value is -1.68. The van der Waals surface area contributed by atoms with Gasteiger partial charge in [-0.25, -0.2) is 0 Å². The van der Waals surface area contributed by atoms with Crippen LogP contribution in [-0.4, -0.2) is 40.9 Å². The van der Waals surface area contributed by atoms with Gasteiger partial charge in [0, 0.05) is 12.1 Å². The van der Waals surface area contributed by atoms with Crippen LogP contribution in [0.2, 0.25) is 0 Å². The Morgan fingerprint density at radius 3 is 2.61 bits per heavy atom. The van der Waals surface area contributed by atoms with E-state index in [1.807, 2.05) is 23.1 Å². The van der Waals surface area contributed by atoms with E-state index in [2.05, 4.69) is 0 Å². The molecule has 0 aliphatic carbocycles. The number of benzene rings is 1. The Bertz CT molecular complexity index is 485. The average molecular weight is 245 g/mol. The van der Waals surface area contributed by atoms with Gasteiger partial charge in [0.2, 0.25) is 0 Å². The van der Waals surface area contributed by atoms with E-state index in [0.717, 1.165) is 19.5 Å². The van der Waals surface area contributed by atoms with Gasteiger partial charge in [-0.2, -0.15) is 0 Å². The lowest BCUT2D eigenvalue weighted by molar-refractivity contribution is -0.144. The van der Waals surface area contributed by atoms with Gasteiger partial charge in [-0.15, -0.1) is 0 Å². The first-order valence-corrected chi connectivity index (χ1v) is 6.24. The van der Waals surface area contributed by atoms with Crippen molar-refractivity contribution in [2.45, 2.75) is 12.5 Å². The molecule has 0 saturated carbocycles. The lowest BCUT2D eigenvalue weighted by atomic mass is 9.83. The minimum atomic E-state index is -0.837. The number of piperidine rings is 1. The number of hydrogen-bond donors (Lipinski definition) is 1. The van der Waals surface area contributed by atoms with Crippen molar-refractivity contribution in [3.8, 4) is 0 Å². The molecule has 1 aromatic carbocycles. The van der Waals surface area contributed by atoms with Crippen molar-refractivity contribution in [1.82, 2.24) is 4.90 Å². The highest BCUT2D eigenvalue weighted by atomic mass is 16.4. The highest BCUT2D eigenvalue weighted by molar-refractivity contribution is 6.02. The summed E-state index contributed by atoms with van der Waals surface area (Å²) in [4.78, 5) is 25.8. The summed E-state index contributed by atoms with van der Waals surface area (Å²) in [6, 6.07) is 8.52. The topological polar surface area (TPSA) is 57.6 Å². The van der Waals surface area contributed by atoms with E-state index >= 15 is 0 Å². The summed E-state index contributed by atoms with van der Waals surface area (Å²) in [5, 5.41) is 9.32. The summed E-state index contributed by atoms with van der Waals surface area (Å²) in [6.07, 6.45) is 0.898. The lowest BCUT2D eigenvalue weighted by Gasteiger charge is -2.28. The number of aliphatic carboxylic acids is 1. The quantitative estimate of drug-likeness (QED) is 0.815. The van der Waals surface area contributed by atoms with Crippen LogP contribution >= 0.6 is 0 Å². The van der Waals surface area contributed by atoms with Crippen molar-refractivity contribution in [2.24, 2.45) is 11.8 Å². The van der Waals surface area contributed by atoms with Crippen LogP contribution in [0.5, 0.6) is 0 Å². The van der Waals surface area contributed by atoms with Gasteiger partial charge in [0.15, 0.2) is 5.78 Å². The largest absolute Gasteiger partial charge is 0.481 e. The van der Waals surface area contributed by atoms with Crippen LogP contribution in [0, 0.1) is 11.8 Å². The summed E-state index contributed by atoms with van der Waals surface area (Å²) in [5.41, 5.74) is 0.612. The highest BCUT2D eigenvalue weighted by Gasteiger charge is 2.52. The summed E-state index contributed by atoms with van der Waals surface area (Å²) < 4.78 is 0. The molecule has 0 radical (unpaired) electrons. The fraction of sp³-hybridized carbons (Fsp3) is 0.429. The highest BCUT2D eigenvalue weighted by Crippen LogP contribution is 2.39. The van der Waals surface area contributed by atoms with E-state index < -0.39 is 17.9 Å². The number of carbonyl (C=O) groups is 2. The molecule has 2 fully saturated rings. The molecule has 1 N–H and O–H groups in total. The van der Waals surface area contributed by atoms with Gasteiger partial charge in [0.25, 0.3) is 0 Å². The molecule has 0 amide bonds. The molecule has 2 heterocycles. The van der Waals surface area contributed by atoms with Crippen molar-refractivity contribution in [1.29, 1.82) is 0 Å². The monoisotopic (exact) mass is 245 g/mol. The number of rotatable bonds is 3. The van der Waals surface area contributed by atoms with Crippen LogP contribution in [0.25, 0.3) is 0 Å². The standard InChI is InChI=1S/C14H15NO3/c16-13(9-4-2-1-3-5-9)12-11(14(17)18)10-6-7-15(12)8-10/h1-5,10-12H,6-8H2,(H,17,18). The fourth-order valence-electron chi connectivity index (χ4n) is 3.28. The Balaban J connectivity index is 1.91. The van der Waals surface area contributed by atoms with Crippen molar-refractivity contribution >= 4 is 11.8 Å². The Kier molecular flexibility index (Phi) is 2.67. The van der Waals surface area contributed by atoms with E-state index in [0.29, 0.717) is 5.56 Å². The van der Waals surface area contributed by atoms with Gasteiger partial charge < -0.3 is 5.11 Å². The zero-order chi connectivity index (χ0) is 12.7. The van der Waals surface area contributed by atoms with Crippen LogP contribution < -0.4 is 0 Å². The Labute approximate surface area is 105 Å². The van der Waals surface area contributed by atoms with Gasteiger partial charge in [0.1, 0.15) is 0 Å². The lowest BCUT2D eigenvalue weighted by Crippen LogP contribution is -2.45. The smallest absolute Gasteiger partial charge is 0.308 e. The van der Waals surface area contributed by atoms with E-state index in [1.54, 1.807) is 12.1 Å². The maximum atomic E-state index is 12.4. The molecule has 2 saturated heterocycles. The van der Waals surface area contributed by atoms with Gasteiger partial charge in [-0.1, -0.05) is 30.3 Å². The number of fused-ring (bicyclic) bond motifs is 2. The van der Waals surface area contributed by atoms with Crippen molar-refractivity contribution in [3.05, 3.63) is 35.9 Å². The summed E-state index contributed by atoms with van der Waals surface area (Å²) in [7, 11) is 0. The molecule has 94 valence electrons. The van der Waals surface area contributed by atoms with Crippen LogP contribution in [0.1, 0.15) is 16.8 Å². The number of Topliss-reactive ketones (excluding diaryl/α,β-unsaturated/α-hetero) is 1. The SMILES string of the molecule is O=C(O)C1C2CCN(C2)C1C(=O)c1ccccc1. The van der Waals surface area contributed by atoms with E-state index in [4.69, 9.17) is 0 Å². The summed E-state index contributed by atoms with van der Waals surface area (Å²) in [6.45, 7) is 1.60. The third-order valence-corrected chi connectivity index (χ3v) is 4.11. The van der Waals surface area contributed by atoms with E-state index in [1.165, 1.54) is 0 Å². The second-order valence-corrected chi connectivity index (χ2v) is 5.08. The minimum Gasteiger partial charge on any atom is -0.481 e. The minimum absolute atomic E-state index is 0.0507. The Morgan fingerprint density at radius 1 is 1.22 bits per heavy atom. The van der Waals surface area contributed by atoms with Crippen LogP contribution in [0.3, 0.4) is 0 Å². The molecule has 0 spiro atoms. The number of nitrogens with zero attached hydrogens (tertiary/aromatic N) is 1. The number of ketones is 1. The summed E-state index contributed by atoms with van der Waals surface area (Å²) in [5.74, 6) is -1.28. The number of carboxylic acid groups (broad SMARTS) is 1. The number of hydrogen-bond acceptors (Lipinski definition) is 3. The van der Waals surface area contributed by atoms with E-state index in [-0.39, 0.29) is 11.7 Å². The molecule has 18 heavy (non-hydrogen) atoms. The molecule has 0 aromatic heterocycles. The predicted molar refractivity (Wildman–Crippen MR) is 65.4 cm³/mol. The first-order chi connectivity index (χ1) is 8.68. The number of carbonyl (C=O) groups excluding carboxylic acids is 1. The number of carboxylic acids is 1. The normalized spacial score (nSPS) is 33.6. The first kappa shape index (κ1) is 11.4. The molecule has 4 nitrogen and oxygen atoms in total. The molecule has 4 atom stereocenters. The average Bonchev–Trinajstić information content (AvgIpc) is 2.99. The zero-order valence-corrected chi connectivity index (χ0v) is 9.95. The third kappa shape index (κ3) is 1.64. The van der Waals surface area contributed by atoms with E-state index in [9.17, 15) is 14.7 Å². The van der Waals surface area contributed by atoms with Gasteiger partial charge in [-0.3, -0.25) is 14.5 Å². The molecule has 2 aliphatic heterocycles. The molecule has 4 unspecified atom stereocenters. The van der Waals surface area contributed by atoms with Gasteiger partial charge >= 0.3 is 5.97 Å². The molecule has 4 heteroatoms. The molecule has 3 rings (SSSR count). The van der Waals surface area contributed by atoms with Crippen LogP contribution in [0.15, 0.2) is 30.3 Å². The van der Waals surface area contributed by atoms with Gasteiger partial charge in [-0.05, 0) is 18.9 Å². The molecule has 1 aromatic rings. The second kappa shape index (κ2) is 4.21. The molecular formula is C14H15NO3. The van der Waals surface area contributed by atoms with Crippen molar-refractivity contribution in [2.75, 3.05) is 13.1 Å². The molecule has 2 aliphatic rings.